The molecule has 1 fully saturated rings. The fourth-order valence-corrected chi connectivity index (χ4v) is 5.89. The molecule has 0 aliphatic carbocycles. The van der Waals surface area contributed by atoms with Gasteiger partial charge >= 0.3 is 0 Å². The molecule has 5 nitrogen and oxygen atoms in total. The van der Waals surface area contributed by atoms with E-state index in [4.69, 9.17) is 11.6 Å². The lowest BCUT2D eigenvalue weighted by molar-refractivity contribution is 0.0943. The molecule has 0 bridgehead atoms. The standard InChI is InChI=1S/C27H29ClN2O3S/c1-19-8-10-22(11-9-19)26(21-6-4-3-5-7-21)29-27(31)24-18-23(12-13-25(24)28)34(32,33)30-16-14-20(2)15-17-30/h3-13,18,20,26H,14-17H2,1-2H3,(H,29,31)/t26-/m0/s1. The van der Waals surface area contributed by atoms with Crippen molar-refractivity contribution in [3.8, 4) is 0 Å². The third-order valence-electron chi connectivity index (χ3n) is 6.38. The van der Waals surface area contributed by atoms with Crippen LogP contribution < -0.4 is 5.32 Å². The Morgan fingerprint density at radius 1 is 0.971 bits per heavy atom. The molecule has 0 spiro atoms. The molecule has 0 saturated carbocycles. The minimum absolute atomic E-state index is 0.0863. The van der Waals surface area contributed by atoms with Gasteiger partial charge in [0.15, 0.2) is 0 Å². The highest BCUT2D eigenvalue weighted by Gasteiger charge is 2.29. The summed E-state index contributed by atoms with van der Waals surface area (Å²) < 4.78 is 28.0. The number of carbonyl (C=O) groups excluding carboxylic acids is 1. The fraction of sp³-hybridized carbons (Fsp3) is 0.296. The predicted octanol–water partition coefficient (Wildman–Crippen LogP) is 5.59. The highest BCUT2D eigenvalue weighted by atomic mass is 35.5. The van der Waals surface area contributed by atoms with Gasteiger partial charge in [0.1, 0.15) is 0 Å². The molecule has 1 N–H and O–H groups in total. The lowest BCUT2D eigenvalue weighted by atomic mass is 9.97. The van der Waals surface area contributed by atoms with E-state index in [1.807, 2.05) is 61.5 Å². The van der Waals surface area contributed by atoms with Gasteiger partial charge in [0.2, 0.25) is 10.0 Å². The lowest BCUT2D eigenvalue weighted by Crippen LogP contribution is -2.38. The van der Waals surface area contributed by atoms with Crippen molar-refractivity contribution in [2.45, 2.75) is 37.6 Å². The van der Waals surface area contributed by atoms with Crippen molar-refractivity contribution in [3.05, 3.63) is 100 Å². The van der Waals surface area contributed by atoms with Gasteiger partial charge in [-0.3, -0.25) is 4.79 Å². The first kappa shape index (κ1) is 24.5. The van der Waals surface area contributed by atoms with Crippen molar-refractivity contribution in [2.75, 3.05) is 13.1 Å². The average molecular weight is 497 g/mol. The van der Waals surface area contributed by atoms with Crippen molar-refractivity contribution < 1.29 is 13.2 Å². The Morgan fingerprint density at radius 3 is 2.24 bits per heavy atom. The lowest BCUT2D eigenvalue weighted by Gasteiger charge is -2.29. The maximum Gasteiger partial charge on any atom is 0.253 e. The van der Waals surface area contributed by atoms with E-state index in [0.29, 0.717) is 19.0 Å². The normalized spacial score (nSPS) is 16.2. The topological polar surface area (TPSA) is 66.5 Å². The summed E-state index contributed by atoms with van der Waals surface area (Å²) in [7, 11) is -3.70. The molecule has 34 heavy (non-hydrogen) atoms. The third-order valence-corrected chi connectivity index (χ3v) is 8.61. The average Bonchev–Trinajstić information content (AvgIpc) is 2.84. The zero-order chi connectivity index (χ0) is 24.3. The van der Waals surface area contributed by atoms with Crippen molar-refractivity contribution >= 4 is 27.5 Å². The van der Waals surface area contributed by atoms with Gasteiger partial charge in [-0.25, -0.2) is 8.42 Å². The van der Waals surface area contributed by atoms with Crippen LogP contribution in [0.2, 0.25) is 5.02 Å². The number of benzene rings is 3. The quantitative estimate of drug-likeness (QED) is 0.483. The molecular formula is C27H29ClN2O3S. The summed E-state index contributed by atoms with van der Waals surface area (Å²) in [5.41, 5.74) is 3.10. The van der Waals surface area contributed by atoms with Gasteiger partial charge in [0.05, 0.1) is 21.5 Å². The second-order valence-electron chi connectivity index (χ2n) is 8.96. The highest BCUT2D eigenvalue weighted by Crippen LogP contribution is 2.28. The number of rotatable bonds is 6. The molecule has 0 unspecified atom stereocenters. The largest absolute Gasteiger partial charge is 0.341 e. The van der Waals surface area contributed by atoms with E-state index in [9.17, 15) is 13.2 Å². The van der Waals surface area contributed by atoms with Crippen molar-refractivity contribution in [3.63, 3.8) is 0 Å². The molecule has 1 aliphatic heterocycles. The van der Waals surface area contributed by atoms with E-state index in [1.54, 1.807) is 0 Å². The van der Waals surface area contributed by atoms with E-state index in [2.05, 4.69) is 12.2 Å². The number of hydrogen-bond donors (Lipinski definition) is 1. The number of halogens is 1. The number of nitrogens with one attached hydrogen (secondary N) is 1. The Kier molecular flexibility index (Phi) is 7.41. The molecule has 0 aromatic heterocycles. The van der Waals surface area contributed by atoms with Crippen molar-refractivity contribution in [1.29, 1.82) is 0 Å². The fourth-order valence-electron chi connectivity index (χ4n) is 4.19. The Balaban J connectivity index is 1.64. The van der Waals surface area contributed by atoms with Gasteiger partial charge in [-0.15, -0.1) is 0 Å². The minimum Gasteiger partial charge on any atom is -0.341 e. The summed E-state index contributed by atoms with van der Waals surface area (Å²) >= 11 is 6.37. The van der Waals surface area contributed by atoms with E-state index in [0.717, 1.165) is 29.5 Å². The Labute approximate surface area is 206 Å². The van der Waals surface area contributed by atoms with Crippen LogP contribution in [0, 0.1) is 12.8 Å². The Morgan fingerprint density at radius 2 is 1.59 bits per heavy atom. The van der Waals surface area contributed by atoms with Crippen LogP contribution in [0.15, 0.2) is 77.7 Å². The summed E-state index contributed by atoms with van der Waals surface area (Å²) in [6, 6.07) is 21.6. The molecule has 0 radical (unpaired) electrons. The first-order chi connectivity index (χ1) is 16.3. The minimum atomic E-state index is -3.70. The van der Waals surface area contributed by atoms with Crippen molar-refractivity contribution in [2.24, 2.45) is 5.92 Å². The van der Waals surface area contributed by atoms with Crippen LogP contribution >= 0.6 is 11.6 Å². The molecule has 1 amide bonds. The van der Waals surface area contributed by atoms with Gasteiger partial charge in [-0.05, 0) is 55.0 Å². The number of aryl methyl sites for hydroxylation is 1. The third kappa shape index (κ3) is 5.35. The van der Waals surface area contributed by atoms with Gasteiger partial charge in [-0.2, -0.15) is 4.31 Å². The number of sulfonamides is 1. The molecule has 7 heteroatoms. The zero-order valence-electron chi connectivity index (χ0n) is 19.4. The predicted molar refractivity (Wildman–Crippen MR) is 136 cm³/mol. The maximum absolute atomic E-state index is 13.4. The molecule has 1 aliphatic rings. The van der Waals surface area contributed by atoms with Crippen LogP contribution in [0.5, 0.6) is 0 Å². The second kappa shape index (κ2) is 10.3. The first-order valence-electron chi connectivity index (χ1n) is 11.5. The molecule has 1 atom stereocenters. The molecular weight excluding hydrogens is 468 g/mol. The number of nitrogens with zero attached hydrogens (tertiary/aromatic N) is 1. The van der Waals surface area contributed by atoms with E-state index >= 15 is 0 Å². The highest BCUT2D eigenvalue weighted by molar-refractivity contribution is 7.89. The number of amides is 1. The van der Waals surface area contributed by atoms with Gasteiger partial charge < -0.3 is 5.32 Å². The Hall–Kier alpha value is -2.67. The van der Waals surface area contributed by atoms with Crippen LogP contribution in [0.25, 0.3) is 0 Å². The van der Waals surface area contributed by atoms with E-state index < -0.39 is 22.0 Å². The monoisotopic (exact) mass is 496 g/mol. The summed E-state index contributed by atoms with van der Waals surface area (Å²) in [5, 5.41) is 3.27. The van der Waals surface area contributed by atoms with E-state index in [1.165, 1.54) is 22.5 Å². The number of hydrogen-bond acceptors (Lipinski definition) is 3. The summed E-state index contributed by atoms with van der Waals surface area (Å²) in [6.45, 7) is 5.11. The smallest absolute Gasteiger partial charge is 0.253 e. The van der Waals surface area contributed by atoms with Crippen LogP contribution in [0.1, 0.15) is 52.9 Å². The van der Waals surface area contributed by atoms with Crippen LogP contribution in [0.4, 0.5) is 0 Å². The molecule has 1 saturated heterocycles. The number of piperidine rings is 1. The Bertz CT molecular complexity index is 1250. The summed E-state index contributed by atoms with van der Waals surface area (Å²) in [4.78, 5) is 13.5. The molecule has 3 aromatic carbocycles. The molecule has 3 aromatic rings. The SMILES string of the molecule is Cc1ccc([C@@H](NC(=O)c2cc(S(=O)(=O)N3CCC(C)CC3)ccc2Cl)c2ccccc2)cc1. The molecule has 4 rings (SSSR count). The van der Waals surface area contributed by atoms with Crippen LogP contribution in [-0.2, 0) is 10.0 Å². The van der Waals surface area contributed by atoms with Gasteiger partial charge in [0.25, 0.3) is 5.91 Å². The second-order valence-corrected chi connectivity index (χ2v) is 11.3. The van der Waals surface area contributed by atoms with Gasteiger partial charge in [0, 0.05) is 13.1 Å². The van der Waals surface area contributed by atoms with Crippen molar-refractivity contribution in [1.82, 2.24) is 9.62 Å². The van der Waals surface area contributed by atoms with Crippen LogP contribution in [0.3, 0.4) is 0 Å². The van der Waals surface area contributed by atoms with E-state index in [-0.39, 0.29) is 15.5 Å². The molecule has 178 valence electrons. The summed E-state index contributed by atoms with van der Waals surface area (Å²) in [6.07, 6.45) is 1.66. The zero-order valence-corrected chi connectivity index (χ0v) is 20.9. The van der Waals surface area contributed by atoms with Gasteiger partial charge in [-0.1, -0.05) is 78.7 Å². The maximum atomic E-state index is 13.4. The first-order valence-corrected chi connectivity index (χ1v) is 13.3. The number of carbonyl (C=O) groups is 1. The summed E-state index contributed by atoms with van der Waals surface area (Å²) in [5.74, 6) is 0.0819. The molecule has 1 heterocycles. The van der Waals surface area contributed by atoms with Crippen LogP contribution in [-0.4, -0.2) is 31.7 Å².